The van der Waals surface area contributed by atoms with Crippen LogP contribution in [0.5, 0.6) is 0 Å². The molecule has 0 bridgehead atoms. The van der Waals surface area contributed by atoms with Gasteiger partial charge >= 0.3 is 0 Å². The van der Waals surface area contributed by atoms with E-state index in [0.29, 0.717) is 0 Å². The van der Waals surface area contributed by atoms with Crippen molar-refractivity contribution in [3.05, 3.63) is 0 Å². The number of nitrogens with zero attached hydrogens (tertiary/aromatic N) is 1. The van der Waals surface area contributed by atoms with Crippen molar-refractivity contribution in [1.82, 2.24) is 4.90 Å². The predicted molar refractivity (Wildman–Crippen MR) is 86.2 cm³/mol. The lowest BCUT2D eigenvalue weighted by Gasteiger charge is -2.09. The average Bonchev–Trinajstić information content (AvgIpc) is 3.02. The second kappa shape index (κ2) is 9.16. The molecule has 1 fully saturated rings. The summed E-state index contributed by atoms with van der Waals surface area (Å²) in [6.07, 6.45) is 12.8. The third kappa shape index (κ3) is 7.59. The van der Waals surface area contributed by atoms with Crippen molar-refractivity contribution in [3.63, 3.8) is 0 Å². The molecule has 2 unspecified atom stereocenters. The quantitative estimate of drug-likeness (QED) is 0.319. The average molecular weight is 365 g/mol. The molecule has 0 spiro atoms. The number of alkyl halides is 1. The number of hydrogen-bond acceptors (Lipinski definition) is 1. The van der Waals surface area contributed by atoms with Crippen LogP contribution in [0.2, 0.25) is 0 Å². The molecule has 0 aliphatic heterocycles. The number of carbonyl (C=O) groups excluding carboxylic acids is 1. The van der Waals surface area contributed by atoms with Crippen LogP contribution in [-0.4, -0.2) is 28.8 Å². The van der Waals surface area contributed by atoms with Gasteiger partial charge in [-0.2, -0.15) is 0 Å². The van der Waals surface area contributed by atoms with Gasteiger partial charge in [-0.25, -0.2) is 0 Å². The van der Waals surface area contributed by atoms with E-state index in [1.165, 1.54) is 51.4 Å². The Hall–Kier alpha value is 0.200. The van der Waals surface area contributed by atoms with Crippen LogP contribution in [0.15, 0.2) is 0 Å². The molecular formula is C15H28INO. The van der Waals surface area contributed by atoms with Crippen LogP contribution in [0.3, 0.4) is 0 Å². The van der Waals surface area contributed by atoms with Crippen LogP contribution in [0.25, 0.3) is 0 Å². The fraction of sp³-hybridized carbons (Fsp3) is 0.933. The molecule has 2 nitrogen and oxygen atoms in total. The van der Waals surface area contributed by atoms with Crippen molar-refractivity contribution >= 4 is 28.5 Å². The molecule has 2 atom stereocenters. The first-order valence-electron chi connectivity index (χ1n) is 7.45. The van der Waals surface area contributed by atoms with Gasteiger partial charge in [0.15, 0.2) is 0 Å². The van der Waals surface area contributed by atoms with E-state index in [4.69, 9.17) is 0 Å². The van der Waals surface area contributed by atoms with E-state index in [-0.39, 0.29) is 5.91 Å². The van der Waals surface area contributed by atoms with E-state index < -0.39 is 0 Å². The molecule has 0 radical (unpaired) electrons. The van der Waals surface area contributed by atoms with Gasteiger partial charge in [-0.05, 0) is 25.2 Å². The maximum Gasteiger partial charge on any atom is 0.222 e. The first-order chi connectivity index (χ1) is 8.61. The minimum absolute atomic E-state index is 0.271. The van der Waals surface area contributed by atoms with Gasteiger partial charge in [-0.15, -0.1) is 0 Å². The lowest BCUT2D eigenvalue weighted by molar-refractivity contribution is -0.128. The lowest BCUT2D eigenvalue weighted by Crippen LogP contribution is -2.20. The third-order valence-electron chi connectivity index (χ3n) is 3.80. The Morgan fingerprint density at radius 2 is 1.56 bits per heavy atom. The minimum Gasteiger partial charge on any atom is -0.349 e. The summed E-state index contributed by atoms with van der Waals surface area (Å²) in [6.45, 7) is 0. The summed E-state index contributed by atoms with van der Waals surface area (Å²) in [4.78, 5) is 13.0. The van der Waals surface area contributed by atoms with E-state index >= 15 is 0 Å². The van der Waals surface area contributed by atoms with Crippen LogP contribution >= 0.6 is 22.6 Å². The molecule has 1 saturated carbocycles. The molecule has 0 aromatic rings. The van der Waals surface area contributed by atoms with E-state index in [0.717, 1.165) is 22.7 Å². The van der Waals surface area contributed by atoms with E-state index in [1.807, 2.05) is 14.1 Å². The fourth-order valence-electron chi connectivity index (χ4n) is 2.30. The predicted octanol–water partition coefficient (Wildman–Crippen LogP) is 4.41. The zero-order valence-electron chi connectivity index (χ0n) is 12.0. The van der Waals surface area contributed by atoms with Crippen molar-refractivity contribution in [2.24, 2.45) is 5.92 Å². The van der Waals surface area contributed by atoms with Crippen LogP contribution in [0.1, 0.15) is 64.2 Å². The minimum atomic E-state index is 0.271. The van der Waals surface area contributed by atoms with Gasteiger partial charge in [0.25, 0.3) is 0 Å². The molecule has 1 aliphatic carbocycles. The number of rotatable bonds is 10. The molecular weight excluding hydrogens is 337 g/mol. The van der Waals surface area contributed by atoms with Crippen LogP contribution in [0, 0.1) is 5.92 Å². The summed E-state index contributed by atoms with van der Waals surface area (Å²) in [5.41, 5.74) is 0. The molecule has 0 aromatic carbocycles. The summed E-state index contributed by atoms with van der Waals surface area (Å²) in [5.74, 6) is 1.33. The van der Waals surface area contributed by atoms with E-state index in [2.05, 4.69) is 22.6 Å². The SMILES string of the molecule is CN(C)C(=O)CCCCCCCCCC1CC1I. The highest BCUT2D eigenvalue weighted by atomic mass is 127. The fourth-order valence-corrected chi connectivity index (χ4v) is 3.31. The molecule has 0 N–H and O–H groups in total. The first-order valence-corrected chi connectivity index (χ1v) is 8.70. The number of amides is 1. The Morgan fingerprint density at radius 3 is 2.06 bits per heavy atom. The Labute approximate surface area is 126 Å². The maximum atomic E-state index is 11.3. The zero-order valence-corrected chi connectivity index (χ0v) is 14.1. The van der Waals surface area contributed by atoms with Crippen molar-refractivity contribution in [2.45, 2.75) is 68.1 Å². The molecule has 106 valence electrons. The van der Waals surface area contributed by atoms with Gasteiger partial charge in [0, 0.05) is 24.4 Å². The van der Waals surface area contributed by atoms with Crippen molar-refractivity contribution < 1.29 is 4.79 Å². The third-order valence-corrected chi connectivity index (χ3v) is 5.33. The number of hydrogen-bond donors (Lipinski definition) is 0. The zero-order chi connectivity index (χ0) is 13.4. The molecule has 1 amide bonds. The molecule has 1 aliphatic rings. The van der Waals surface area contributed by atoms with Gasteiger partial charge in [0.05, 0.1) is 0 Å². The molecule has 1 rings (SSSR count). The van der Waals surface area contributed by atoms with E-state index in [9.17, 15) is 4.79 Å². The number of carbonyl (C=O) groups is 1. The Bertz CT molecular complexity index is 243. The van der Waals surface area contributed by atoms with E-state index in [1.54, 1.807) is 4.90 Å². The summed E-state index contributed by atoms with van der Waals surface area (Å²) in [5, 5.41) is 0. The van der Waals surface area contributed by atoms with Gasteiger partial charge in [0.1, 0.15) is 0 Å². The highest BCUT2D eigenvalue weighted by molar-refractivity contribution is 14.1. The van der Waals surface area contributed by atoms with Gasteiger partial charge in [-0.3, -0.25) is 4.79 Å². The van der Waals surface area contributed by atoms with Crippen LogP contribution in [0.4, 0.5) is 0 Å². The maximum absolute atomic E-state index is 11.3. The van der Waals surface area contributed by atoms with Crippen molar-refractivity contribution in [2.75, 3.05) is 14.1 Å². The summed E-state index contributed by atoms with van der Waals surface area (Å²) in [7, 11) is 3.67. The van der Waals surface area contributed by atoms with Crippen molar-refractivity contribution in [1.29, 1.82) is 0 Å². The van der Waals surface area contributed by atoms with Crippen LogP contribution < -0.4 is 0 Å². The Kier molecular flexibility index (Phi) is 8.27. The second-order valence-electron chi connectivity index (χ2n) is 5.81. The standard InChI is InChI=1S/C15H28INO/c1-17(2)15(18)11-9-7-5-3-4-6-8-10-13-12-14(13)16/h13-14H,3-12H2,1-2H3. The summed E-state index contributed by atoms with van der Waals surface area (Å²) >= 11 is 2.58. The molecule has 18 heavy (non-hydrogen) atoms. The largest absolute Gasteiger partial charge is 0.349 e. The van der Waals surface area contributed by atoms with Gasteiger partial charge < -0.3 is 4.90 Å². The second-order valence-corrected chi connectivity index (χ2v) is 7.41. The normalized spacial score (nSPS) is 21.9. The van der Waals surface area contributed by atoms with Crippen molar-refractivity contribution in [3.8, 4) is 0 Å². The highest BCUT2D eigenvalue weighted by Gasteiger charge is 2.33. The van der Waals surface area contributed by atoms with Gasteiger partial charge in [-0.1, -0.05) is 61.1 Å². The monoisotopic (exact) mass is 365 g/mol. The molecule has 0 heterocycles. The Balaban J connectivity index is 1.74. The molecule has 0 aromatic heterocycles. The number of unbranched alkanes of at least 4 members (excludes halogenated alkanes) is 6. The Morgan fingerprint density at radius 1 is 1.06 bits per heavy atom. The summed E-state index contributed by atoms with van der Waals surface area (Å²) < 4.78 is 0.997. The van der Waals surface area contributed by atoms with Gasteiger partial charge in [0.2, 0.25) is 5.91 Å². The van der Waals surface area contributed by atoms with Crippen LogP contribution in [-0.2, 0) is 4.79 Å². The smallest absolute Gasteiger partial charge is 0.222 e. The highest BCUT2D eigenvalue weighted by Crippen LogP contribution is 2.41. The lowest BCUT2D eigenvalue weighted by atomic mass is 10.1. The molecule has 3 heteroatoms. The molecule has 0 saturated heterocycles. The summed E-state index contributed by atoms with van der Waals surface area (Å²) in [6, 6.07) is 0. The number of halogens is 1. The first kappa shape index (κ1) is 16.3. The topological polar surface area (TPSA) is 20.3 Å².